The molecule has 0 aliphatic carbocycles. The number of rotatable bonds is 31. The van der Waals surface area contributed by atoms with Crippen molar-refractivity contribution in [1.82, 2.24) is 0 Å². The number of aliphatic hydroxyl groups excluding tert-OH is 6. The monoisotopic (exact) mass is 733 g/mol. The first-order valence-electron chi connectivity index (χ1n) is 21.0. The molecule has 0 aromatic carbocycles. The summed E-state index contributed by atoms with van der Waals surface area (Å²) in [6, 6.07) is 0. The van der Waals surface area contributed by atoms with Gasteiger partial charge in [-0.25, -0.2) is 4.39 Å². The highest BCUT2D eigenvalue weighted by atomic mass is 19.1. The lowest BCUT2D eigenvalue weighted by molar-refractivity contribution is -0.303. The SMILES string of the molecule is CCCCCCCCCCCCCC[C@@H](O)[C@@H](O)[C@@H](/C=C(/F)CCCCCCCCCCC1CCOCC1)COC1OC(CO)C(O)C(O)C1O. The van der Waals surface area contributed by atoms with Crippen LogP contribution < -0.4 is 0 Å². The van der Waals surface area contributed by atoms with Crippen LogP contribution >= 0.6 is 0 Å². The van der Waals surface area contributed by atoms with E-state index < -0.39 is 55.4 Å². The van der Waals surface area contributed by atoms with Gasteiger partial charge in [-0.1, -0.05) is 135 Å². The third kappa shape index (κ3) is 20.5. The Balaban J connectivity index is 1.74. The van der Waals surface area contributed by atoms with E-state index in [-0.39, 0.29) is 18.9 Å². The van der Waals surface area contributed by atoms with Gasteiger partial charge >= 0.3 is 0 Å². The van der Waals surface area contributed by atoms with Crippen LogP contribution in [0.2, 0.25) is 0 Å². The molecule has 0 aromatic heterocycles. The zero-order valence-electron chi connectivity index (χ0n) is 32.1. The first-order valence-corrected chi connectivity index (χ1v) is 21.0. The van der Waals surface area contributed by atoms with Gasteiger partial charge in [0.2, 0.25) is 0 Å². The smallest absolute Gasteiger partial charge is 0.186 e. The second-order valence-electron chi connectivity index (χ2n) is 15.5. The number of unbranched alkanes of at least 4 members (excludes halogenated alkanes) is 18. The van der Waals surface area contributed by atoms with Crippen LogP contribution in [0.3, 0.4) is 0 Å². The average Bonchev–Trinajstić information content (AvgIpc) is 3.14. The first kappa shape index (κ1) is 46.5. The van der Waals surface area contributed by atoms with Gasteiger partial charge in [-0.15, -0.1) is 0 Å². The molecular weight excluding hydrogens is 655 g/mol. The minimum absolute atomic E-state index is 0.225. The van der Waals surface area contributed by atoms with Crippen LogP contribution in [0.4, 0.5) is 4.39 Å². The van der Waals surface area contributed by atoms with Crippen molar-refractivity contribution < 1.29 is 49.2 Å². The first-order chi connectivity index (χ1) is 24.8. The van der Waals surface area contributed by atoms with E-state index in [1.54, 1.807) is 0 Å². The molecule has 2 rings (SSSR count). The molecule has 0 saturated carbocycles. The Morgan fingerprint density at radius 3 is 1.82 bits per heavy atom. The fourth-order valence-electron chi connectivity index (χ4n) is 7.45. The number of allylic oxidation sites excluding steroid dienone is 1. The van der Waals surface area contributed by atoms with Gasteiger partial charge in [0.15, 0.2) is 6.29 Å². The summed E-state index contributed by atoms with van der Waals surface area (Å²) in [7, 11) is 0. The highest BCUT2D eigenvalue weighted by Gasteiger charge is 2.44. The van der Waals surface area contributed by atoms with Gasteiger partial charge in [-0.05, 0) is 44.1 Å². The molecule has 0 aromatic rings. The maximum atomic E-state index is 15.2. The van der Waals surface area contributed by atoms with Gasteiger partial charge in [-0.3, -0.25) is 0 Å². The van der Waals surface area contributed by atoms with Gasteiger partial charge in [0.25, 0.3) is 0 Å². The number of aliphatic hydroxyl groups is 6. The molecular formula is C41H77FO9. The summed E-state index contributed by atoms with van der Waals surface area (Å²) in [6.07, 6.45) is 19.1. The molecule has 0 radical (unpaired) electrons. The lowest BCUT2D eigenvalue weighted by Gasteiger charge is -2.40. The van der Waals surface area contributed by atoms with Crippen LogP contribution in [-0.4, -0.2) is 100.0 Å². The van der Waals surface area contributed by atoms with Crippen molar-refractivity contribution in [3.63, 3.8) is 0 Å². The molecule has 2 saturated heterocycles. The third-order valence-corrected chi connectivity index (χ3v) is 11.0. The Hall–Kier alpha value is -0.690. The third-order valence-electron chi connectivity index (χ3n) is 11.0. The van der Waals surface area contributed by atoms with E-state index >= 15 is 4.39 Å². The summed E-state index contributed by atoms with van der Waals surface area (Å²) in [5.41, 5.74) is 0. The van der Waals surface area contributed by atoms with E-state index in [2.05, 4.69) is 6.92 Å². The molecule has 2 heterocycles. The number of hydrogen-bond donors (Lipinski definition) is 6. The highest BCUT2D eigenvalue weighted by Crippen LogP contribution is 2.26. The predicted octanol–water partition coefficient (Wildman–Crippen LogP) is 7.41. The molecule has 2 aliphatic heterocycles. The van der Waals surface area contributed by atoms with Crippen LogP contribution in [0, 0.1) is 11.8 Å². The van der Waals surface area contributed by atoms with Crippen molar-refractivity contribution in [3.05, 3.63) is 11.9 Å². The average molecular weight is 733 g/mol. The standard InChI is InChI=1S/C41H77FO9/c1-2-3-4-5-6-7-8-9-10-15-18-21-24-35(44)37(45)33(31-50-41-40(48)39(47)38(46)36(30-43)51-41)29-34(42)23-20-17-14-12-11-13-16-19-22-32-25-27-49-28-26-32/h29,32-33,35-41,43-48H,2-28,30-31H2,1H3/b34-29+/t33-,35+,36?,37-,38?,39?,40?,41?/m0/s1. The summed E-state index contributed by atoms with van der Waals surface area (Å²) in [5.74, 6) is -0.475. The minimum atomic E-state index is -1.61. The molecule has 302 valence electrons. The van der Waals surface area contributed by atoms with Gasteiger partial charge < -0.3 is 44.8 Å². The normalized spacial score (nSPS) is 25.3. The van der Waals surface area contributed by atoms with Crippen LogP contribution in [0.5, 0.6) is 0 Å². The molecule has 0 spiro atoms. The molecule has 2 fully saturated rings. The molecule has 6 N–H and O–H groups in total. The van der Waals surface area contributed by atoms with Crippen molar-refractivity contribution in [1.29, 1.82) is 0 Å². The fourth-order valence-corrected chi connectivity index (χ4v) is 7.45. The molecule has 10 heteroatoms. The molecule has 51 heavy (non-hydrogen) atoms. The summed E-state index contributed by atoms with van der Waals surface area (Å²) >= 11 is 0. The van der Waals surface area contributed by atoms with Crippen molar-refractivity contribution in [2.45, 2.75) is 210 Å². The fraction of sp³-hybridized carbons (Fsp3) is 0.951. The van der Waals surface area contributed by atoms with Crippen LogP contribution in [0.15, 0.2) is 11.9 Å². The van der Waals surface area contributed by atoms with Crippen LogP contribution in [0.1, 0.15) is 167 Å². The van der Waals surface area contributed by atoms with Gasteiger partial charge in [0.05, 0.1) is 31.2 Å². The van der Waals surface area contributed by atoms with E-state index in [1.807, 2.05) is 0 Å². The number of halogens is 1. The second-order valence-corrected chi connectivity index (χ2v) is 15.5. The Morgan fingerprint density at radius 2 is 1.25 bits per heavy atom. The summed E-state index contributed by atoms with van der Waals surface area (Å²) < 4.78 is 31.8. The lowest BCUT2D eigenvalue weighted by atomic mass is 9.93. The lowest BCUT2D eigenvalue weighted by Crippen LogP contribution is -2.59. The van der Waals surface area contributed by atoms with Gasteiger partial charge in [0, 0.05) is 19.1 Å². The largest absolute Gasteiger partial charge is 0.394 e. The topological polar surface area (TPSA) is 149 Å². The Morgan fingerprint density at radius 1 is 0.725 bits per heavy atom. The van der Waals surface area contributed by atoms with Gasteiger partial charge in [-0.2, -0.15) is 0 Å². The number of hydrogen-bond acceptors (Lipinski definition) is 9. The summed E-state index contributed by atoms with van der Waals surface area (Å²) in [4.78, 5) is 0. The molecule has 9 nitrogen and oxygen atoms in total. The zero-order chi connectivity index (χ0) is 37.1. The summed E-state index contributed by atoms with van der Waals surface area (Å²) in [5, 5.41) is 62.1. The maximum absolute atomic E-state index is 15.2. The van der Waals surface area contributed by atoms with Crippen molar-refractivity contribution in [3.8, 4) is 0 Å². The van der Waals surface area contributed by atoms with Crippen LogP contribution in [0.25, 0.3) is 0 Å². The minimum Gasteiger partial charge on any atom is -0.394 e. The van der Waals surface area contributed by atoms with E-state index in [1.165, 1.54) is 102 Å². The van der Waals surface area contributed by atoms with Gasteiger partial charge in [0.1, 0.15) is 24.4 Å². The van der Waals surface area contributed by atoms with E-state index in [9.17, 15) is 30.6 Å². The molecule has 5 unspecified atom stereocenters. The molecule has 2 aliphatic rings. The highest BCUT2D eigenvalue weighted by molar-refractivity contribution is 5.00. The summed E-state index contributed by atoms with van der Waals surface area (Å²) in [6.45, 7) is 3.18. The van der Waals surface area contributed by atoms with Crippen LogP contribution in [-0.2, 0) is 14.2 Å². The number of ether oxygens (including phenoxy) is 3. The van der Waals surface area contributed by atoms with Crippen molar-refractivity contribution in [2.75, 3.05) is 26.4 Å². The van der Waals surface area contributed by atoms with E-state index in [4.69, 9.17) is 14.2 Å². The molecule has 8 atom stereocenters. The Kier molecular flexibility index (Phi) is 27.0. The van der Waals surface area contributed by atoms with Crippen molar-refractivity contribution in [2.24, 2.45) is 11.8 Å². The quantitative estimate of drug-likeness (QED) is 0.0401. The van der Waals surface area contributed by atoms with E-state index in [0.717, 1.165) is 64.1 Å². The zero-order valence-corrected chi connectivity index (χ0v) is 32.1. The molecule has 0 bridgehead atoms. The Labute approximate surface area is 309 Å². The van der Waals surface area contributed by atoms with Crippen molar-refractivity contribution >= 4 is 0 Å². The predicted molar refractivity (Wildman–Crippen MR) is 200 cm³/mol. The molecule has 0 amide bonds. The van der Waals surface area contributed by atoms with E-state index in [0.29, 0.717) is 12.8 Å². The second kappa shape index (κ2) is 29.6. The Bertz CT molecular complexity index is 840. The maximum Gasteiger partial charge on any atom is 0.186 e.